The average molecular weight is 253 g/mol. The first kappa shape index (κ1) is 9.73. The lowest BCUT2D eigenvalue weighted by Crippen LogP contribution is -2.05. The fraction of sp³-hybridized carbons (Fsp3) is 0.500. The van der Waals surface area contributed by atoms with Gasteiger partial charge in [-0.3, -0.25) is 0 Å². The Hall–Kier alpha value is -0.360. The molecule has 12 heavy (non-hydrogen) atoms. The summed E-state index contributed by atoms with van der Waals surface area (Å²) in [6, 6.07) is 0. The van der Waals surface area contributed by atoms with Crippen LogP contribution in [0.3, 0.4) is 0 Å². The van der Waals surface area contributed by atoms with Crippen molar-refractivity contribution in [3.63, 3.8) is 0 Å². The molecule has 0 radical (unpaired) electrons. The Bertz CT molecular complexity index is 382. The number of rotatable bonds is 2. The van der Waals surface area contributed by atoms with Crippen molar-refractivity contribution in [3.05, 3.63) is 16.6 Å². The summed E-state index contributed by atoms with van der Waals surface area (Å²) in [7, 11) is -1.21. The first-order chi connectivity index (χ1) is 5.40. The Morgan fingerprint density at radius 3 is 2.58 bits per heavy atom. The van der Waals surface area contributed by atoms with Crippen LogP contribution < -0.4 is 0 Å². The summed E-state index contributed by atoms with van der Waals surface area (Å²) in [4.78, 5) is 3.92. The average Bonchev–Trinajstić information content (AvgIpc) is 2.16. The topological polar surface area (TPSA) is 52.0 Å². The highest BCUT2D eigenvalue weighted by Gasteiger charge is 2.09. The third-order valence-electron chi connectivity index (χ3n) is 1.44. The van der Waals surface area contributed by atoms with Gasteiger partial charge in [0.05, 0.1) is 17.6 Å². The van der Waals surface area contributed by atoms with Gasteiger partial charge in [-0.15, -0.1) is 0 Å². The summed E-state index contributed by atoms with van der Waals surface area (Å²) < 4.78 is 24.1. The minimum atomic E-state index is -2.97. The molecule has 0 saturated heterocycles. The molecule has 0 atom stereocenters. The van der Waals surface area contributed by atoms with Crippen molar-refractivity contribution in [1.82, 2.24) is 9.55 Å². The van der Waals surface area contributed by atoms with E-state index in [2.05, 4.69) is 20.9 Å². The maximum Gasteiger partial charge on any atom is 0.177 e. The first-order valence-electron chi connectivity index (χ1n) is 3.24. The van der Waals surface area contributed by atoms with Gasteiger partial charge < -0.3 is 4.57 Å². The molecule has 0 amide bonds. The predicted molar refractivity (Wildman–Crippen MR) is 49.5 cm³/mol. The van der Waals surface area contributed by atoms with Crippen LogP contribution in [0, 0.1) is 0 Å². The van der Waals surface area contributed by atoms with Gasteiger partial charge in [0.2, 0.25) is 0 Å². The lowest BCUT2D eigenvalue weighted by atomic mass is 10.5. The van der Waals surface area contributed by atoms with E-state index in [4.69, 9.17) is 0 Å². The summed E-state index contributed by atoms with van der Waals surface area (Å²) in [6.07, 6.45) is 2.75. The van der Waals surface area contributed by atoms with Gasteiger partial charge in [-0.05, 0) is 15.9 Å². The second-order valence-corrected chi connectivity index (χ2v) is 5.50. The number of aromatic nitrogens is 2. The Morgan fingerprint density at radius 2 is 2.25 bits per heavy atom. The van der Waals surface area contributed by atoms with E-state index in [1.807, 2.05) is 0 Å². The van der Waals surface area contributed by atoms with Crippen molar-refractivity contribution in [2.24, 2.45) is 7.05 Å². The zero-order chi connectivity index (χ0) is 9.35. The molecular weight excluding hydrogens is 244 g/mol. The number of halogens is 1. The van der Waals surface area contributed by atoms with Gasteiger partial charge in [0, 0.05) is 13.3 Å². The van der Waals surface area contributed by atoms with E-state index in [9.17, 15) is 8.42 Å². The molecule has 0 unspecified atom stereocenters. The van der Waals surface area contributed by atoms with Crippen molar-refractivity contribution >= 4 is 25.8 Å². The van der Waals surface area contributed by atoms with E-state index in [1.165, 1.54) is 6.26 Å². The molecule has 0 aliphatic carbocycles. The van der Waals surface area contributed by atoms with Gasteiger partial charge in [-0.1, -0.05) is 0 Å². The van der Waals surface area contributed by atoms with Gasteiger partial charge in [0.15, 0.2) is 14.6 Å². The molecule has 1 rings (SSSR count). The molecule has 4 nitrogen and oxygen atoms in total. The van der Waals surface area contributed by atoms with Crippen LogP contribution in [-0.2, 0) is 22.6 Å². The van der Waals surface area contributed by atoms with Crippen LogP contribution in [0.15, 0.2) is 10.9 Å². The smallest absolute Gasteiger partial charge is 0.177 e. The SMILES string of the molecule is Cn1c(CS(C)(=O)=O)cnc1Br. The molecule has 0 bridgehead atoms. The molecule has 0 aliphatic rings. The molecule has 0 N–H and O–H groups in total. The van der Waals surface area contributed by atoms with E-state index in [0.717, 1.165) is 0 Å². The molecule has 68 valence electrons. The van der Waals surface area contributed by atoms with Crippen LogP contribution in [0.1, 0.15) is 5.69 Å². The van der Waals surface area contributed by atoms with Crippen molar-refractivity contribution in [2.75, 3.05) is 6.26 Å². The van der Waals surface area contributed by atoms with Crippen molar-refractivity contribution in [1.29, 1.82) is 0 Å². The van der Waals surface area contributed by atoms with Crippen molar-refractivity contribution < 1.29 is 8.42 Å². The summed E-state index contributed by atoms with van der Waals surface area (Å²) in [5.41, 5.74) is 0.685. The van der Waals surface area contributed by atoms with Gasteiger partial charge in [0.1, 0.15) is 0 Å². The molecular formula is C6H9BrN2O2S. The summed E-state index contributed by atoms with van der Waals surface area (Å²) >= 11 is 3.18. The Balaban J connectivity index is 2.99. The molecule has 1 aromatic heterocycles. The normalized spacial score (nSPS) is 11.9. The van der Waals surface area contributed by atoms with E-state index < -0.39 is 9.84 Å². The van der Waals surface area contributed by atoms with Crippen LogP contribution in [0.25, 0.3) is 0 Å². The number of hydrogen-bond acceptors (Lipinski definition) is 3. The first-order valence-corrected chi connectivity index (χ1v) is 6.09. The highest BCUT2D eigenvalue weighted by Crippen LogP contribution is 2.11. The van der Waals surface area contributed by atoms with Crippen molar-refractivity contribution in [2.45, 2.75) is 5.75 Å². The lowest BCUT2D eigenvalue weighted by Gasteiger charge is -2.00. The minimum Gasteiger partial charge on any atom is -0.325 e. The van der Waals surface area contributed by atoms with E-state index in [0.29, 0.717) is 10.4 Å². The van der Waals surface area contributed by atoms with Crippen molar-refractivity contribution in [3.8, 4) is 0 Å². The van der Waals surface area contributed by atoms with E-state index in [-0.39, 0.29) is 5.75 Å². The quantitative estimate of drug-likeness (QED) is 0.780. The van der Waals surface area contributed by atoms with Crippen LogP contribution in [0.2, 0.25) is 0 Å². The fourth-order valence-corrected chi connectivity index (χ4v) is 1.96. The Labute approximate surface area is 79.7 Å². The standard InChI is InChI=1S/C6H9BrN2O2S/c1-9-5(3-8-6(9)7)4-12(2,10)11/h3H,4H2,1-2H3. The third-order valence-corrected chi connectivity index (χ3v) is 2.99. The molecule has 6 heteroatoms. The number of hydrogen-bond donors (Lipinski definition) is 0. The zero-order valence-electron chi connectivity index (χ0n) is 6.78. The third kappa shape index (κ3) is 2.31. The van der Waals surface area contributed by atoms with Gasteiger partial charge >= 0.3 is 0 Å². The van der Waals surface area contributed by atoms with Gasteiger partial charge in [0.25, 0.3) is 0 Å². The molecule has 0 spiro atoms. The van der Waals surface area contributed by atoms with Gasteiger partial charge in [-0.25, -0.2) is 13.4 Å². The van der Waals surface area contributed by atoms with E-state index >= 15 is 0 Å². The van der Waals surface area contributed by atoms with Gasteiger partial charge in [-0.2, -0.15) is 0 Å². The maximum absolute atomic E-state index is 10.9. The maximum atomic E-state index is 10.9. The second kappa shape index (κ2) is 3.18. The number of nitrogens with zero attached hydrogens (tertiary/aromatic N) is 2. The zero-order valence-corrected chi connectivity index (χ0v) is 9.18. The summed E-state index contributed by atoms with van der Waals surface area (Å²) in [5, 5.41) is 0. The van der Waals surface area contributed by atoms with E-state index in [1.54, 1.807) is 17.8 Å². The summed E-state index contributed by atoms with van der Waals surface area (Å²) in [5.74, 6) is 0.0299. The molecule has 1 heterocycles. The van der Waals surface area contributed by atoms with Crippen LogP contribution in [0.4, 0.5) is 0 Å². The monoisotopic (exact) mass is 252 g/mol. The molecule has 0 saturated carbocycles. The van der Waals surface area contributed by atoms with Crippen LogP contribution >= 0.6 is 15.9 Å². The highest BCUT2D eigenvalue weighted by atomic mass is 79.9. The summed E-state index contributed by atoms with van der Waals surface area (Å²) in [6.45, 7) is 0. The highest BCUT2D eigenvalue weighted by molar-refractivity contribution is 9.10. The van der Waals surface area contributed by atoms with Crippen LogP contribution in [-0.4, -0.2) is 24.2 Å². The molecule has 0 fully saturated rings. The lowest BCUT2D eigenvalue weighted by molar-refractivity contribution is 0.599. The predicted octanol–water partition coefficient (Wildman–Crippen LogP) is 0.727. The Morgan fingerprint density at radius 1 is 1.67 bits per heavy atom. The number of sulfone groups is 1. The van der Waals surface area contributed by atoms with Crippen LogP contribution in [0.5, 0.6) is 0 Å². The minimum absolute atomic E-state index is 0.0299. The second-order valence-electron chi connectivity index (χ2n) is 2.65. The molecule has 0 aliphatic heterocycles. The molecule has 0 aromatic carbocycles. The Kier molecular flexibility index (Phi) is 2.58. The fourth-order valence-electron chi connectivity index (χ4n) is 0.822. The largest absolute Gasteiger partial charge is 0.325 e. The number of imidazole rings is 1. The molecule has 1 aromatic rings.